The van der Waals surface area contributed by atoms with Gasteiger partial charge in [0.25, 0.3) is 0 Å². The van der Waals surface area contributed by atoms with E-state index < -0.39 is 5.97 Å². The third kappa shape index (κ3) is 2.86. The molecule has 0 heterocycles. The highest BCUT2D eigenvalue weighted by Crippen LogP contribution is 2.35. The number of carbonyl (C=O) groups is 1. The molecular weight excluding hydrogens is 279 g/mol. The first kappa shape index (κ1) is 10.8. The van der Waals surface area contributed by atoms with Crippen LogP contribution in [0.4, 0.5) is 0 Å². The summed E-state index contributed by atoms with van der Waals surface area (Å²) in [4.78, 5) is 10.7. The fraction of sp³-hybridized carbons (Fsp3) is 0.125. The number of benzene rings is 1. The van der Waals surface area contributed by atoms with Crippen LogP contribution in [0.25, 0.3) is 0 Å². The summed E-state index contributed by atoms with van der Waals surface area (Å²) in [6.45, 7) is 1.30. The van der Waals surface area contributed by atoms with Crippen LogP contribution in [0.3, 0.4) is 0 Å². The number of ether oxygens (including phenoxy) is 1. The normalized spacial score (nSPS) is 9.85. The third-order valence-electron chi connectivity index (χ3n) is 1.21. The van der Waals surface area contributed by atoms with Gasteiger partial charge < -0.3 is 4.74 Å². The number of hydrogen-bond acceptors (Lipinski definition) is 2. The first-order valence-corrected chi connectivity index (χ1v) is 4.88. The maximum absolute atomic E-state index is 10.7. The van der Waals surface area contributed by atoms with Crippen molar-refractivity contribution >= 4 is 45.1 Å². The van der Waals surface area contributed by atoms with Crippen LogP contribution < -0.4 is 4.74 Å². The minimum absolute atomic E-state index is 0.290. The van der Waals surface area contributed by atoms with Gasteiger partial charge in [0, 0.05) is 11.9 Å². The van der Waals surface area contributed by atoms with E-state index in [1.54, 1.807) is 6.07 Å². The monoisotopic (exact) mass is 282 g/mol. The number of rotatable bonds is 1. The molecule has 0 unspecified atom stereocenters. The van der Waals surface area contributed by atoms with E-state index in [-0.39, 0.29) is 0 Å². The minimum Gasteiger partial charge on any atom is -0.424 e. The van der Waals surface area contributed by atoms with Gasteiger partial charge in [-0.1, -0.05) is 23.2 Å². The van der Waals surface area contributed by atoms with E-state index in [4.69, 9.17) is 27.9 Å². The fourth-order valence-corrected chi connectivity index (χ4v) is 2.09. The molecule has 2 nitrogen and oxygen atoms in total. The molecule has 1 aromatic rings. The van der Waals surface area contributed by atoms with Gasteiger partial charge in [-0.15, -0.1) is 0 Å². The molecule has 0 aromatic heterocycles. The highest BCUT2D eigenvalue weighted by atomic mass is 79.9. The molecule has 0 aliphatic carbocycles. The average molecular weight is 284 g/mol. The second-order valence-corrected chi connectivity index (χ2v) is 3.99. The van der Waals surface area contributed by atoms with Gasteiger partial charge in [0.2, 0.25) is 0 Å². The molecule has 1 rings (SSSR count). The van der Waals surface area contributed by atoms with Crippen LogP contribution in [0.2, 0.25) is 10.0 Å². The van der Waals surface area contributed by atoms with Gasteiger partial charge in [0.05, 0.1) is 9.50 Å². The molecule has 0 fully saturated rings. The average Bonchev–Trinajstić information content (AvgIpc) is 1.96. The van der Waals surface area contributed by atoms with Gasteiger partial charge >= 0.3 is 5.97 Å². The van der Waals surface area contributed by atoms with Crippen molar-refractivity contribution < 1.29 is 9.53 Å². The Morgan fingerprint density at radius 2 is 2.08 bits per heavy atom. The van der Waals surface area contributed by atoms with E-state index in [2.05, 4.69) is 15.9 Å². The third-order valence-corrected chi connectivity index (χ3v) is 2.30. The Balaban J connectivity index is 3.13. The van der Waals surface area contributed by atoms with Crippen LogP contribution in [0.1, 0.15) is 6.92 Å². The van der Waals surface area contributed by atoms with Gasteiger partial charge in [0.15, 0.2) is 5.75 Å². The quantitative estimate of drug-likeness (QED) is 0.580. The van der Waals surface area contributed by atoms with Crippen molar-refractivity contribution in [1.82, 2.24) is 0 Å². The molecule has 0 saturated carbocycles. The second-order valence-electron chi connectivity index (χ2n) is 2.29. The summed E-state index contributed by atoms with van der Waals surface area (Å²) in [5, 5.41) is 0.780. The summed E-state index contributed by atoms with van der Waals surface area (Å²) < 4.78 is 5.41. The zero-order chi connectivity index (χ0) is 10.0. The minimum atomic E-state index is -0.426. The van der Waals surface area contributed by atoms with Crippen LogP contribution in [0, 0.1) is 0 Å². The largest absolute Gasteiger partial charge is 0.424 e. The standard InChI is InChI=1S/C8H5BrCl2O2/c1-4(12)13-8-6(9)2-5(10)3-7(8)11/h2-3H,1H3. The van der Waals surface area contributed by atoms with Gasteiger partial charge in [-0.2, -0.15) is 0 Å². The van der Waals surface area contributed by atoms with E-state index >= 15 is 0 Å². The van der Waals surface area contributed by atoms with Crippen LogP contribution in [0.15, 0.2) is 16.6 Å². The van der Waals surface area contributed by atoms with Gasteiger partial charge in [-0.25, -0.2) is 0 Å². The van der Waals surface area contributed by atoms with Crippen molar-refractivity contribution in [3.63, 3.8) is 0 Å². The molecule has 13 heavy (non-hydrogen) atoms. The van der Waals surface area contributed by atoms with Gasteiger partial charge in [-0.3, -0.25) is 4.79 Å². The SMILES string of the molecule is CC(=O)Oc1c(Cl)cc(Cl)cc1Br. The highest BCUT2D eigenvalue weighted by Gasteiger charge is 2.10. The maximum atomic E-state index is 10.7. The molecule has 70 valence electrons. The van der Waals surface area contributed by atoms with Crippen molar-refractivity contribution in [1.29, 1.82) is 0 Å². The molecule has 0 amide bonds. The molecule has 0 radical (unpaired) electrons. The highest BCUT2D eigenvalue weighted by molar-refractivity contribution is 9.10. The lowest BCUT2D eigenvalue weighted by molar-refractivity contribution is -0.131. The van der Waals surface area contributed by atoms with Crippen LogP contribution >= 0.6 is 39.1 Å². The van der Waals surface area contributed by atoms with Crippen LogP contribution in [-0.2, 0) is 4.79 Å². The summed E-state index contributed by atoms with van der Waals surface area (Å²) in [7, 11) is 0. The summed E-state index contributed by atoms with van der Waals surface area (Å²) in [5.41, 5.74) is 0. The van der Waals surface area contributed by atoms with Crippen molar-refractivity contribution in [2.45, 2.75) is 6.92 Å². The smallest absolute Gasteiger partial charge is 0.308 e. The van der Waals surface area contributed by atoms with E-state index in [1.807, 2.05) is 0 Å². The molecule has 0 bridgehead atoms. The number of carbonyl (C=O) groups excluding carboxylic acids is 1. The summed E-state index contributed by atoms with van der Waals surface area (Å²) in [5.74, 6) is -0.136. The Labute approximate surface area is 93.9 Å². The predicted molar refractivity (Wildman–Crippen MR) is 55.5 cm³/mol. The van der Waals surface area contributed by atoms with Gasteiger partial charge in [-0.05, 0) is 28.1 Å². The fourth-order valence-electron chi connectivity index (χ4n) is 0.770. The zero-order valence-electron chi connectivity index (χ0n) is 6.61. The summed E-state index contributed by atoms with van der Waals surface area (Å²) in [6, 6.07) is 3.11. The molecule has 5 heteroatoms. The van der Waals surface area contributed by atoms with Crippen molar-refractivity contribution in [3.8, 4) is 5.75 Å². The number of halogens is 3. The summed E-state index contributed by atoms with van der Waals surface area (Å²) in [6.07, 6.45) is 0. The number of hydrogen-bond donors (Lipinski definition) is 0. The number of esters is 1. The molecule has 0 N–H and O–H groups in total. The first-order valence-electron chi connectivity index (χ1n) is 3.33. The Morgan fingerprint density at radius 3 is 2.54 bits per heavy atom. The van der Waals surface area contributed by atoms with Crippen LogP contribution in [0.5, 0.6) is 5.75 Å². The zero-order valence-corrected chi connectivity index (χ0v) is 9.70. The molecule has 0 saturated heterocycles. The lowest BCUT2D eigenvalue weighted by atomic mass is 10.3. The molecule has 1 aromatic carbocycles. The van der Waals surface area contributed by atoms with E-state index in [1.165, 1.54) is 13.0 Å². The molecule has 0 aliphatic rings. The van der Waals surface area contributed by atoms with Crippen LogP contribution in [-0.4, -0.2) is 5.97 Å². The Kier molecular flexibility index (Phi) is 3.59. The molecule has 0 spiro atoms. The van der Waals surface area contributed by atoms with Crippen molar-refractivity contribution in [2.24, 2.45) is 0 Å². The van der Waals surface area contributed by atoms with E-state index in [0.717, 1.165) is 0 Å². The Bertz CT molecular complexity index is 329. The van der Waals surface area contributed by atoms with E-state index in [0.29, 0.717) is 20.3 Å². The van der Waals surface area contributed by atoms with Gasteiger partial charge in [0.1, 0.15) is 0 Å². The van der Waals surface area contributed by atoms with E-state index in [9.17, 15) is 4.79 Å². The Hall–Kier alpha value is -0.250. The lowest BCUT2D eigenvalue weighted by Gasteiger charge is -2.06. The molecule has 0 aliphatic heterocycles. The van der Waals surface area contributed by atoms with Crippen molar-refractivity contribution in [3.05, 3.63) is 26.7 Å². The summed E-state index contributed by atoms with van der Waals surface area (Å²) >= 11 is 14.7. The van der Waals surface area contributed by atoms with Crippen molar-refractivity contribution in [2.75, 3.05) is 0 Å². The Morgan fingerprint density at radius 1 is 1.46 bits per heavy atom. The molecular formula is C8H5BrCl2O2. The first-order chi connectivity index (χ1) is 6.00. The topological polar surface area (TPSA) is 26.3 Å². The lowest BCUT2D eigenvalue weighted by Crippen LogP contribution is -2.02. The molecule has 0 atom stereocenters. The second kappa shape index (κ2) is 4.31. The predicted octanol–water partition coefficient (Wildman–Crippen LogP) is 3.68. The maximum Gasteiger partial charge on any atom is 0.308 e.